The van der Waals surface area contributed by atoms with Crippen LogP contribution in [0, 0.1) is 0 Å². The Kier molecular flexibility index (Phi) is 6.68. The van der Waals surface area contributed by atoms with Crippen LogP contribution < -0.4 is 19.5 Å². The zero-order valence-corrected chi connectivity index (χ0v) is 16.6. The standard InChI is InChI=1S/C19H23NO6S/c1-24-16-10-8-13(18(25-2)19(16)26-3)9-11-17(21)20-14-6-5-7-15(12-14)27(4,22)23/h5-8,10,12H,9,11H2,1-4H3,(H,20,21). The Balaban J connectivity index is 2.10. The lowest BCUT2D eigenvalue weighted by Crippen LogP contribution is -2.13. The molecule has 2 rings (SSSR count). The molecule has 0 radical (unpaired) electrons. The molecule has 0 heterocycles. The SMILES string of the molecule is COc1ccc(CCC(=O)Nc2cccc(S(C)(=O)=O)c2)c(OC)c1OC. The van der Waals surface area contributed by atoms with Crippen molar-refractivity contribution in [1.29, 1.82) is 0 Å². The molecule has 0 saturated carbocycles. The molecule has 0 aliphatic carbocycles. The molecule has 0 fully saturated rings. The average Bonchev–Trinajstić information content (AvgIpc) is 2.64. The molecule has 27 heavy (non-hydrogen) atoms. The molecule has 8 heteroatoms. The van der Waals surface area contributed by atoms with E-state index in [0.29, 0.717) is 29.4 Å². The molecule has 0 aliphatic heterocycles. The Bertz CT molecular complexity index is 924. The molecule has 146 valence electrons. The molecular formula is C19H23NO6S. The summed E-state index contributed by atoms with van der Waals surface area (Å²) in [6.07, 6.45) is 1.73. The molecular weight excluding hydrogens is 370 g/mol. The smallest absolute Gasteiger partial charge is 0.224 e. The summed E-state index contributed by atoms with van der Waals surface area (Å²) in [6.45, 7) is 0. The van der Waals surface area contributed by atoms with Gasteiger partial charge in [-0.25, -0.2) is 8.42 Å². The maximum absolute atomic E-state index is 12.3. The van der Waals surface area contributed by atoms with Gasteiger partial charge in [0.05, 0.1) is 26.2 Å². The van der Waals surface area contributed by atoms with Gasteiger partial charge in [-0.05, 0) is 36.2 Å². The van der Waals surface area contributed by atoms with Gasteiger partial charge in [-0.3, -0.25) is 4.79 Å². The second-order valence-electron chi connectivity index (χ2n) is 5.84. The number of rotatable bonds is 8. The normalized spacial score (nSPS) is 11.0. The highest BCUT2D eigenvalue weighted by Gasteiger charge is 2.16. The van der Waals surface area contributed by atoms with Crippen LogP contribution in [-0.4, -0.2) is 41.9 Å². The summed E-state index contributed by atoms with van der Waals surface area (Å²) in [5.74, 6) is 1.29. The molecule has 7 nitrogen and oxygen atoms in total. The molecule has 0 aliphatic rings. The fourth-order valence-electron chi connectivity index (χ4n) is 2.64. The van der Waals surface area contributed by atoms with Crippen LogP contribution in [0.3, 0.4) is 0 Å². The largest absolute Gasteiger partial charge is 0.493 e. The van der Waals surface area contributed by atoms with E-state index in [-0.39, 0.29) is 17.2 Å². The number of hydrogen-bond donors (Lipinski definition) is 1. The summed E-state index contributed by atoms with van der Waals surface area (Å²) < 4.78 is 39.2. The number of hydrogen-bond acceptors (Lipinski definition) is 6. The maximum Gasteiger partial charge on any atom is 0.224 e. The van der Waals surface area contributed by atoms with E-state index in [1.807, 2.05) is 6.07 Å². The van der Waals surface area contributed by atoms with Crippen molar-refractivity contribution < 1.29 is 27.4 Å². The van der Waals surface area contributed by atoms with Crippen molar-refractivity contribution in [3.8, 4) is 17.2 Å². The monoisotopic (exact) mass is 393 g/mol. The number of sulfone groups is 1. The summed E-state index contributed by atoms with van der Waals surface area (Å²) >= 11 is 0. The number of benzene rings is 2. The summed E-state index contributed by atoms with van der Waals surface area (Å²) in [5.41, 5.74) is 1.23. The van der Waals surface area contributed by atoms with Gasteiger partial charge in [-0.2, -0.15) is 0 Å². The van der Waals surface area contributed by atoms with Gasteiger partial charge in [0.25, 0.3) is 0 Å². The van der Waals surface area contributed by atoms with Gasteiger partial charge in [0.15, 0.2) is 21.3 Å². The summed E-state index contributed by atoms with van der Waals surface area (Å²) in [4.78, 5) is 12.4. The topological polar surface area (TPSA) is 90.9 Å². The van der Waals surface area contributed by atoms with E-state index < -0.39 is 9.84 Å². The first-order valence-electron chi connectivity index (χ1n) is 8.18. The fourth-order valence-corrected chi connectivity index (χ4v) is 3.30. The molecule has 1 amide bonds. The number of carbonyl (C=O) groups excluding carboxylic acids is 1. The van der Waals surface area contributed by atoms with Gasteiger partial charge in [-0.15, -0.1) is 0 Å². The van der Waals surface area contributed by atoms with Crippen molar-refractivity contribution in [2.45, 2.75) is 17.7 Å². The van der Waals surface area contributed by atoms with Crippen LogP contribution in [0.15, 0.2) is 41.3 Å². The molecule has 0 unspecified atom stereocenters. The molecule has 2 aromatic carbocycles. The summed E-state index contributed by atoms with van der Waals surface area (Å²) in [7, 11) is 1.25. The highest BCUT2D eigenvalue weighted by molar-refractivity contribution is 7.90. The van der Waals surface area contributed by atoms with Crippen molar-refractivity contribution in [3.05, 3.63) is 42.0 Å². The third-order valence-corrected chi connectivity index (χ3v) is 5.06. The fraction of sp³-hybridized carbons (Fsp3) is 0.316. The highest BCUT2D eigenvalue weighted by Crippen LogP contribution is 2.40. The van der Waals surface area contributed by atoms with Crippen molar-refractivity contribution in [2.75, 3.05) is 32.9 Å². The van der Waals surface area contributed by atoms with Crippen LogP contribution in [0.4, 0.5) is 5.69 Å². The summed E-state index contributed by atoms with van der Waals surface area (Å²) in [6, 6.07) is 9.72. The molecule has 0 aromatic heterocycles. The Morgan fingerprint density at radius 3 is 2.30 bits per heavy atom. The number of methoxy groups -OCH3 is 3. The zero-order chi connectivity index (χ0) is 20.0. The third-order valence-electron chi connectivity index (χ3n) is 3.95. The van der Waals surface area contributed by atoms with Crippen molar-refractivity contribution in [1.82, 2.24) is 0 Å². The minimum absolute atomic E-state index is 0.155. The van der Waals surface area contributed by atoms with Gasteiger partial charge < -0.3 is 19.5 Å². The van der Waals surface area contributed by atoms with E-state index in [2.05, 4.69) is 5.32 Å². The number of carbonyl (C=O) groups is 1. The lowest BCUT2D eigenvalue weighted by Gasteiger charge is -2.15. The average molecular weight is 393 g/mol. The van der Waals surface area contributed by atoms with E-state index in [1.54, 1.807) is 18.2 Å². The minimum Gasteiger partial charge on any atom is -0.493 e. The van der Waals surface area contributed by atoms with Gasteiger partial charge in [-0.1, -0.05) is 12.1 Å². The Morgan fingerprint density at radius 2 is 1.70 bits per heavy atom. The van der Waals surface area contributed by atoms with Crippen molar-refractivity contribution >= 4 is 21.4 Å². The van der Waals surface area contributed by atoms with Crippen LogP contribution in [0.5, 0.6) is 17.2 Å². The highest BCUT2D eigenvalue weighted by atomic mass is 32.2. The quantitative estimate of drug-likeness (QED) is 0.741. The second-order valence-corrected chi connectivity index (χ2v) is 7.86. The number of nitrogens with one attached hydrogen (secondary N) is 1. The van der Waals surface area contributed by atoms with E-state index in [0.717, 1.165) is 11.8 Å². The molecule has 2 aromatic rings. The van der Waals surface area contributed by atoms with Crippen LogP contribution in [0.25, 0.3) is 0 Å². The van der Waals surface area contributed by atoms with Gasteiger partial charge in [0.2, 0.25) is 11.7 Å². The Labute approximate surface area is 159 Å². The first-order chi connectivity index (χ1) is 12.8. The van der Waals surface area contributed by atoms with Crippen molar-refractivity contribution in [3.63, 3.8) is 0 Å². The van der Waals surface area contributed by atoms with E-state index in [9.17, 15) is 13.2 Å². The molecule has 0 saturated heterocycles. The first-order valence-corrected chi connectivity index (χ1v) is 10.1. The summed E-state index contributed by atoms with van der Waals surface area (Å²) in [5, 5.41) is 2.71. The van der Waals surface area contributed by atoms with Gasteiger partial charge in [0.1, 0.15) is 0 Å². The van der Waals surface area contributed by atoms with E-state index in [1.165, 1.54) is 33.5 Å². The number of ether oxygens (including phenoxy) is 3. The molecule has 0 spiro atoms. The molecule has 0 bridgehead atoms. The molecule has 1 N–H and O–H groups in total. The van der Waals surface area contributed by atoms with E-state index in [4.69, 9.17) is 14.2 Å². The second kappa shape index (κ2) is 8.77. The predicted molar refractivity (Wildman–Crippen MR) is 103 cm³/mol. The van der Waals surface area contributed by atoms with Crippen LogP contribution in [0.2, 0.25) is 0 Å². The number of aryl methyl sites for hydroxylation is 1. The predicted octanol–water partition coefficient (Wildman–Crippen LogP) is 2.69. The first kappa shape index (κ1) is 20.6. The Hall–Kier alpha value is -2.74. The number of amides is 1. The van der Waals surface area contributed by atoms with Crippen LogP contribution in [-0.2, 0) is 21.1 Å². The lowest BCUT2D eigenvalue weighted by atomic mass is 10.1. The van der Waals surface area contributed by atoms with Gasteiger partial charge in [0, 0.05) is 18.4 Å². The zero-order valence-electron chi connectivity index (χ0n) is 15.7. The lowest BCUT2D eigenvalue weighted by molar-refractivity contribution is -0.116. The van der Waals surface area contributed by atoms with Crippen LogP contribution in [0.1, 0.15) is 12.0 Å². The van der Waals surface area contributed by atoms with Crippen molar-refractivity contribution in [2.24, 2.45) is 0 Å². The number of anilines is 1. The Morgan fingerprint density at radius 1 is 1.00 bits per heavy atom. The van der Waals surface area contributed by atoms with E-state index >= 15 is 0 Å². The molecule has 0 atom stereocenters. The third kappa shape index (κ3) is 5.13. The van der Waals surface area contributed by atoms with Crippen LogP contribution >= 0.6 is 0 Å². The minimum atomic E-state index is -3.33. The van der Waals surface area contributed by atoms with Gasteiger partial charge >= 0.3 is 0 Å². The maximum atomic E-state index is 12.3.